The van der Waals surface area contributed by atoms with Gasteiger partial charge in [-0.05, 0) is 37.6 Å². The van der Waals surface area contributed by atoms with E-state index >= 15 is 0 Å². The van der Waals surface area contributed by atoms with E-state index in [1.54, 1.807) is 0 Å². The van der Waals surface area contributed by atoms with Gasteiger partial charge in [-0.1, -0.05) is 13.8 Å². The quantitative estimate of drug-likeness (QED) is 0.728. The molecule has 0 bridgehead atoms. The molecule has 14 heavy (non-hydrogen) atoms. The molecule has 1 saturated heterocycles. The SMILES string of the molecule is CCC1(CC)CCCN[C@@H]1CC(=O)O. The number of carboxylic acid groups (broad SMARTS) is 1. The van der Waals surface area contributed by atoms with Crippen LogP contribution in [0.25, 0.3) is 0 Å². The molecule has 0 aromatic heterocycles. The first-order valence-corrected chi connectivity index (χ1v) is 5.60. The maximum Gasteiger partial charge on any atom is 0.304 e. The van der Waals surface area contributed by atoms with E-state index in [1.165, 1.54) is 12.8 Å². The Labute approximate surface area is 85.9 Å². The lowest BCUT2D eigenvalue weighted by Gasteiger charge is -2.43. The number of carboxylic acids is 1. The highest BCUT2D eigenvalue weighted by Crippen LogP contribution is 2.39. The average Bonchev–Trinajstić information content (AvgIpc) is 2.18. The highest BCUT2D eigenvalue weighted by Gasteiger charge is 2.38. The minimum absolute atomic E-state index is 0.170. The number of hydrogen-bond donors (Lipinski definition) is 2. The number of nitrogens with one attached hydrogen (secondary N) is 1. The molecule has 0 amide bonds. The van der Waals surface area contributed by atoms with Crippen molar-refractivity contribution in [2.75, 3.05) is 6.54 Å². The first-order chi connectivity index (χ1) is 6.64. The first-order valence-electron chi connectivity index (χ1n) is 5.60. The summed E-state index contributed by atoms with van der Waals surface area (Å²) in [5.74, 6) is -0.685. The molecule has 1 aliphatic heterocycles. The van der Waals surface area contributed by atoms with Gasteiger partial charge in [0.25, 0.3) is 0 Å². The lowest BCUT2D eigenvalue weighted by molar-refractivity contribution is -0.138. The largest absolute Gasteiger partial charge is 0.481 e. The molecule has 1 aliphatic rings. The molecule has 1 atom stereocenters. The molecule has 0 saturated carbocycles. The summed E-state index contributed by atoms with van der Waals surface area (Å²) in [6.07, 6.45) is 4.77. The van der Waals surface area contributed by atoms with Crippen molar-refractivity contribution in [2.24, 2.45) is 5.41 Å². The number of hydrogen-bond acceptors (Lipinski definition) is 2. The highest BCUT2D eigenvalue weighted by molar-refractivity contribution is 5.67. The fourth-order valence-electron chi connectivity index (χ4n) is 2.67. The van der Waals surface area contributed by atoms with E-state index in [1.807, 2.05) is 0 Å². The van der Waals surface area contributed by atoms with Crippen LogP contribution in [0.2, 0.25) is 0 Å². The van der Waals surface area contributed by atoms with Gasteiger partial charge in [0.15, 0.2) is 0 Å². The van der Waals surface area contributed by atoms with Gasteiger partial charge in [-0.2, -0.15) is 0 Å². The zero-order chi connectivity index (χ0) is 10.6. The molecule has 82 valence electrons. The van der Waals surface area contributed by atoms with Gasteiger partial charge in [-0.3, -0.25) is 4.79 Å². The van der Waals surface area contributed by atoms with Gasteiger partial charge in [0, 0.05) is 6.04 Å². The molecule has 2 N–H and O–H groups in total. The maximum absolute atomic E-state index is 10.7. The van der Waals surface area contributed by atoms with Gasteiger partial charge < -0.3 is 10.4 Å². The van der Waals surface area contributed by atoms with Crippen molar-refractivity contribution < 1.29 is 9.90 Å². The van der Waals surface area contributed by atoms with Crippen molar-refractivity contribution in [3.05, 3.63) is 0 Å². The maximum atomic E-state index is 10.7. The molecule has 0 unspecified atom stereocenters. The van der Waals surface area contributed by atoms with Crippen LogP contribution in [0.15, 0.2) is 0 Å². The number of rotatable bonds is 4. The zero-order valence-electron chi connectivity index (χ0n) is 9.18. The van der Waals surface area contributed by atoms with E-state index in [-0.39, 0.29) is 17.9 Å². The lowest BCUT2D eigenvalue weighted by atomic mass is 9.69. The van der Waals surface area contributed by atoms with E-state index in [4.69, 9.17) is 5.11 Å². The highest BCUT2D eigenvalue weighted by atomic mass is 16.4. The van der Waals surface area contributed by atoms with Gasteiger partial charge in [0.1, 0.15) is 0 Å². The Morgan fingerprint density at radius 1 is 1.50 bits per heavy atom. The van der Waals surface area contributed by atoms with Gasteiger partial charge >= 0.3 is 5.97 Å². The second kappa shape index (κ2) is 4.78. The lowest BCUT2D eigenvalue weighted by Crippen LogP contribution is -2.50. The molecule has 0 aliphatic carbocycles. The van der Waals surface area contributed by atoms with Crippen LogP contribution in [-0.4, -0.2) is 23.7 Å². The van der Waals surface area contributed by atoms with Crippen molar-refractivity contribution in [1.29, 1.82) is 0 Å². The molecular formula is C11H21NO2. The van der Waals surface area contributed by atoms with E-state index in [0.717, 1.165) is 19.4 Å². The van der Waals surface area contributed by atoms with E-state index in [9.17, 15) is 4.79 Å². The standard InChI is InChI=1S/C11H21NO2/c1-3-11(4-2)6-5-7-12-9(11)8-10(13)14/h9,12H,3-8H2,1-2H3,(H,13,14)/t9-/m1/s1. The first kappa shape index (κ1) is 11.5. The van der Waals surface area contributed by atoms with Crippen LogP contribution >= 0.6 is 0 Å². The predicted molar refractivity (Wildman–Crippen MR) is 56.3 cm³/mol. The zero-order valence-corrected chi connectivity index (χ0v) is 9.18. The molecule has 1 rings (SSSR count). The second-order valence-corrected chi connectivity index (χ2v) is 4.28. The summed E-state index contributed by atoms with van der Waals surface area (Å²) < 4.78 is 0. The minimum Gasteiger partial charge on any atom is -0.481 e. The van der Waals surface area contributed by atoms with Crippen molar-refractivity contribution in [3.8, 4) is 0 Å². The van der Waals surface area contributed by atoms with Crippen LogP contribution in [0.5, 0.6) is 0 Å². The molecule has 1 heterocycles. The van der Waals surface area contributed by atoms with E-state index in [2.05, 4.69) is 19.2 Å². The van der Waals surface area contributed by atoms with Crippen molar-refractivity contribution in [1.82, 2.24) is 5.32 Å². The Kier molecular flexibility index (Phi) is 3.93. The third kappa shape index (κ3) is 2.27. The fraction of sp³-hybridized carbons (Fsp3) is 0.909. The molecule has 3 heteroatoms. The summed E-state index contributed by atoms with van der Waals surface area (Å²) in [4.78, 5) is 10.7. The summed E-state index contributed by atoms with van der Waals surface area (Å²) in [5.41, 5.74) is 0.219. The Morgan fingerprint density at radius 3 is 2.64 bits per heavy atom. The smallest absolute Gasteiger partial charge is 0.304 e. The monoisotopic (exact) mass is 199 g/mol. The third-order valence-electron chi connectivity index (χ3n) is 3.77. The normalized spacial score (nSPS) is 26.0. The molecule has 0 spiro atoms. The number of aliphatic carboxylic acids is 1. The van der Waals surface area contributed by atoms with Gasteiger partial charge in [0.2, 0.25) is 0 Å². The Hall–Kier alpha value is -0.570. The average molecular weight is 199 g/mol. The topological polar surface area (TPSA) is 49.3 Å². The van der Waals surface area contributed by atoms with E-state index in [0.29, 0.717) is 0 Å². The third-order valence-corrected chi connectivity index (χ3v) is 3.77. The van der Waals surface area contributed by atoms with Crippen molar-refractivity contribution in [2.45, 2.75) is 52.0 Å². The van der Waals surface area contributed by atoms with Crippen LogP contribution in [0.1, 0.15) is 46.0 Å². The summed E-state index contributed by atoms with van der Waals surface area (Å²) in [6.45, 7) is 5.32. The summed E-state index contributed by atoms with van der Waals surface area (Å²) in [7, 11) is 0. The van der Waals surface area contributed by atoms with Gasteiger partial charge in [-0.25, -0.2) is 0 Å². The molecule has 0 aromatic carbocycles. The van der Waals surface area contributed by atoms with Crippen LogP contribution < -0.4 is 5.32 Å². The van der Waals surface area contributed by atoms with Gasteiger partial charge in [0.05, 0.1) is 6.42 Å². The van der Waals surface area contributed by atoms with Crippen molar-refractivity contribution >= 4 is 5.97 Å². The van der Waals surface area contributed by atoms with Crippen LogP contribution in [0, 0.1) is 5.41 Å². The van der Waals surface area contributed by atoms with Crippen LogP contribution in [0.4, 0.5) is 0 Å². The summed E-state index contributed by atoms with van der Waals surface area (Å²) in [6, 6.07) is 0.170. The Morgan fingerprint density at radius 2 is 2.14 bits per heavy atom. The fourth-order valence-corrected chi connectivity index (χ4v) is 2.67. The summed E-state index contributed by atoms with van der Waals surface area (Å²) >= 11 is 0. The minimum atomic E-state index is -0.685. The van der Waals surface area contributed by atoms with Crippen molar-refractivity contribution in [3.63, 3.8) is 0 Å². The molecule has 1 fully saturated rings. The molecule has 0 radical (unpaired) electrons. The predicted octanol–water partition coefficient (Wildman–Crippen LogP) is 2.02. The van der Waals surface area contributed by atoms with E-state index < -0.39 is 5.97 Å². The van der Waals surface area contributed by atoms with Gasteiger partial charge in [-0.15, -0.1) is 0 Å². The number of piperidine rings is 1. The Bertz CT molecular complexity index is 199. The van der Waals surface area contributed by atoms with Crippen LogP contribution in [-0.2, 0) is 4.79 Å². The second-order valence-electron chi connectivity index (χ2n) is 4.28. The molecule has 0 aromatic rings. The number of carbonyl (C=O) groups is 1. The van der Waals surface area contributed by atoms with Crippen LogP contribution in [0.3, 0.4) is 0 Å². The Balaban J connectivity index is 2.71. The molecular weight excluding hydrogens is 178 g/mol. The summed E-state index contributed by atoms with van der Waals surface area (Å²) in [5, 5.41) is 12.2. The molecule has 3 nitrogen and oxygen atoms in total.